The number of nitrogens with one attached hydrogen (secondary N) is 2. The molecule has 1 saturated heterocycles. The summed E-state index contributed by atoms with van der Waals surface area (Å²) in [5.74, 6) is -0.0679. The molecule has 0 aromatic heterocycles. The lowest BCUT2D eigenvalue weighted by atomic mass is 10.0. The maximum Gasteiger partial charge on any atom is 0.410 e. The molecule has 2 N–H and O–H groups in total. The van der Waals surface area contributed by atoms with E-state index in [9.17, 15) is 9.59 Å². The van der Waals surface area contributed by atoms with Gasteiger partial charge >= 0.3 is 6.09 Å². The zero-order valence-corrected chi connectivity index (χ0v) is 14.8. The van der Waals surface area contributed by atoms with Gasteiger partial charge in [0.05, 0.1) is 13.2 Å². The summed E-state index contributed by atoms with van der Waals surface area (Å²) in [5.41, 5.74) is -0.492. The van der Waals surface area contributed by atoms with Gasteiger partial charge in [-0.05, 0) is 40.0 Å². The molecular formula is C16H31N3O4. The molecular weight excluding hydrogens is 298 g/mol. The summed E-state index contributed by atoms with van der Waals surface area (Å²) in [6, 6.07) is 0.0744. The largest absolute Gasteiger partial charge is 0.444 e. The fraction of sp³-hybridized carbons (Fsp3) is 0.875. The van der Waals surface area contributed by atoms with Gasteiger partial charge in [-0.2, -0.15) is 0 Å². The molecule has 0 spiro atoms. The number of likely N-dealkylation sites (tertiary alicyclic amines) is 1. The fourth-order valence-corrected chi connectivity index (χ4v) is 2.48. The van der Waals surface area contributed by atoms with Crippen LogP contribution in [0.2, 0.25) is 0 Å². The molecule has 1 unspecified atom stereocenters. The summed E-state index contributed by atoms with van der Waals surface area (Å²) in [7, 11) is 1.60. The van der Waals surface area contributed by atoms with Gasteiger partial charge in [-0.15, -0.1) is 0 Å². The molecule has 0 aromatic carbocycles. The molecule has 1 aliphatic rings. The Morgan fingerprint density at radius 1 is 1.26 bits per heavy atom. The number of piperidine rings is 1. The molecule has 0 radical (unpaired) electrons. The van der Waals surface area contributed by atoms with Crippen molar-refractivity contribution in [2.45, 2.75) is 51.7 Å². The third kappa shape index (κ3) is 8.18. The molecule has 2 amide bonds. The molecule has 0 saturated carbocycles. The second kappa shape index (κ2) is 9.72. The standard InChI is InChI=1S/C16H31N3O4/c1-16(2,3)23-15(21)19-9-6-5-7-13(19)11-17-12-14(20)18-8-10-22-4/h13,17H,5-12H2,1-4H3,(H,18,20). The minimum atomic E-state index is -0.492. The van der Waals surface area contributed by atoms with Crippen molar-refractivity contribution in [2.24, 2.45) is 0 Å². The van der Waals surface area contributed by atoms with Gasteiger partial charge in [0.1, 0.15) is 5.60 Å². The molecule has 134 valence electrons. The Morgan fingerprint density at radius 3 is 2.65 bits per heavy atom. The predicted molar refractivity (Wildman–Crippen MR) is 88.3 cm³/mol. The number of carbonyl (C=O) groups is 2. The summed E-state index contributed by atoms with van der Waals surface area (Å²) < 4.78 is 10.3. The monoisotopic (exact) mass is 329 g/mol. The van der Waals surface area contributed by atoms with Gasteiger partial charge in [-0.1, -0.05) is 0 Å². The number of ether oxygens (including phenoxy) is 2. The molecule has 1 rings (SSSR count). The number of rotatable bonds is 7. The van der Waals surface area contributed by atoms with Gasteiger partial charge in [0, 0.05) is 32.8 Å². The van der Waals surface area contributed by atoms with Crippen molar-refractivity contribution in [1.82, 2.24) is 15.5 Å². The van der Waals surface area contributed by atoms with Crippen LogP contribution in [0.25, 0.3) is 0 Å². The van der Waals surface area contributed by atoms with Gasteiger partial charge in [0.25, 0.3) is 0 Å². The highest BCUT2D eigenvalue weighted by molar-refractivity contribution is 5.77. The topological polar surface area (TPSA) is 79.9 Å². The number of carbonyl (C=O) groups excluding carboxylic acids is 2. The summed E-state index contributed by atoms with van der Waals surface area (Å²) in [6.07, 6.45) is 2.74. The smallest absolute Gasteiger partial charge is 0.410 e. The average Bonchev–Trinajstić information content (AvgIpc) is 2.46. The minimum Gasteiger partial charge on any atom is -0.444 e. The maximum absolute atomic E-state index is 12.3. The van der Waals surface area contributed by atoms with E-state index in [0.29, 0.717) is 26.2 Å². The van der Waals surface area contributed by atoms with E-state index < -0.39 is 5.60 Å². The Labute approximate surface area is 139 Å². The van der Waals surface area contributed by atoms with Gasteiger partial charge in [0.2, 0.25) is 5.91 Å². The van der Waals surface area contributed by atoms with Crippen molar-refractivity contribution in [2.75, 3.05) is 39.9 Å². The van der Waals surface area contributed by atoms with Crippen molar-refractivity contribution < 1.29 is 19.1 Å². The quantitative estimate of drug-likeness (QED) is 0.685. The van der Waals surface area contributed by atoms with Crippen LogP contribution in [-0.2, 0) is 14.3 Å². The molecule has 7 nitrogen and oxygen atoms in total. The van der Waals surface area contributed by atoms with Crippen molar-refractivity contribution in [3.8, 4) is 0 Å². The van der Waals surface area contributed by atoms with Crippen LogP contribution in [0.3, 0.4) is 0 Å². The van der Waals surface area contributed by atoms with Crippen LogP contribution in [-0.4, -0.2) is 68.4 Å². The van der Waals surface area contributed by atoms with Crippen LogP contribution in [0.4, 0.5) is 4.79 Å². The minimum absolute atomic E-state index is 0.0679. The van der Waals surface area contributed by atoms with Crippen molar-refractivity contribution >= 4 is 12.0 Å². The van der Waals surface area contributed by atoms with Gasteiger partial charge < -0.3 is 25.0 Å². The van der Waals surface area contributed by atoms with Crippen molar-refractivity contribution in [1.29, 1.82) is 0 Å². The second-order valence-corrected chi connectivity index (χ2v) is 6.80. The molecule has 1 fully saturated rings. The van der Waals surface area contributed by atoms with Crippen molar-refractivity contribution in [3.63, 3.8) is 0 Å². The summed E-state index contributed by atoms with van der Waals surface area (Å²) in [4.78, 5) is 25.7. The normalized spacial score (nSPS) is 18.6. The van der Waals surface area contributed by atoms with E-state index in [2.05, 4.69) is 10.6 Å². The van der Waals surface area contributed by atoms with E-state index in [1.807, 2.05) is 20.8 Å². The van der Waals surface area contributed by atoms with E-state index in [-0.39, 0.29) is 24.6 Å². The zero-order chi connectivity index (χ0) is 17.3. The fourth-order valence-electron chi connectivity index (χ4n) is 2.48. The molecule has 1 aliphatic heterocycles. The molecule has 0 bridgehead atoms. The van der Waals surface area contributed by atoms with E-state index in [1.54, 1.807) is 12.0 Å². The number of amides is 2. The van der Waals surface area contributed by atoms with Gasteiger partial charge in [0.15, 0.2) is 0 Å². The Morgan fingerprint density at radius 2 is 2.00 bits per heavy atom. The third-order valence-electron chi connectivity index (χ3n) is 3.55. The first-order chi connectivity index (χ1) is 10.8. The van der Waals surface area contributed by atoms with Crippen LogP contribution < -0.4 is 10.6 Å². The summed E-state index contributed by atoms with van der Waals surface area (Å²) in [6.45, 7) is 8.15. The third-order valence-corrected chi connectivity index (χ3v) is 3.55. The molecule has 0 aromatic rings. The second-order valence-electron chi connectivity index (χ2n) is 6.80. The van der Waals surface area contributed by atoms with E-state index in [1.165, 1.54) is 0 Å². The highest BCUT2D eigenvalue weighted by Gasteiger charge is 2.30. The Balaban J connectivity index is 2.37. The first kappa shape index (κ1) is 19.7. The van der Waals surface area contributed by atoms with Crippen LogP contribution in [0.1, 0.15) is 40.0 Å². The van der Waals surface area contributed by atoms with E-state index >= 15 is 0 Å². The molecule has 23 heavy (non-hydrogen) atoms. The van der Waals surface area contributed by atoms with E-state index in [0.717, 1.165) is 19.3 Å². The summed E-state index contributed by atoms with van der Waals surface area (Å²) >= 11 is 0. The highest BCUT2D eigenvalue weighted by atomic mass is 16.6. The number of nitrogens with zero attached hydrogens (tertiary/aromatic N) is 1. The van der Waals surface area contributed by atoms with Crippen LogP contribution in [0.5, 0.6) is 0 Å². The number of hydrogen-bond donors (Lipinski definition) is 2. The number of hydrogen-bond acceptors (Lipinski definition) is 5. The van der Waals surface area contributed by atoms with Crippen molar-refractivity contribution in [3.05, 3.63) is 0 Å². The summed E-state index contributed by atoms with van der Waals surface area (Å²) in [5, 5.41) is 5.88. The molecule has 7 heteroatoms. The molecule has 0 aliphatic carbocycles. The zero-order valence-electron chi connectivity index (χ0n) is 14.8. The average molecular weight is 329 g/mol. The lowest BCUT2D eigenvalue weighted by Gasteiger charge is -2.36. The highest BCUT2D eigenvalue weighted by Crippen LogP contribution is 2.19. The lowest BCUT2D eigenvalue weighted by molar-refractivity contribution is -0.120. The van der Waals surface area contributed by atoms with Gasteiger partial charge in [-0.3, -0.25) is 4.79 Å². The molecule has 1 heterocycles. The first-order valence-corrected chi connectivity index (χ1v) is 8.29. The maximum atomic E-state index is 12.3. The number of methoxy groups -OCH3 is 1. The van der Waals surface area contributed by atoms with Gasteiger partial charge in [-0.25, -0.2) is 4.79 Å². The van der Waals surface area contributed by atoms with E-state index in [4.69, 9.17) is 9.47 Å². The predicted octanol–water partition coefficient (Wildman–Crippen LogP) is 1.13. The van der Waals surface area contributed by atoms with Crippen LogP contribution >= 0.6 is 0 Å². The Kier molecular flexibility index (Phi) is 8.33. The Hall–Kier alpha value is -1.34. The van der Waals surface area contributed by atoms with Crippen LogP contribution in [0.15, 0.2) is 0 Å². The van der Waals surface area contributed by atoms with Crippen LogP contribution in [0, 0.1) is 0 Å². The molecule has 1 atom stereocenters. The lowest BCUT2D eigenvalue weighted by Crippen LogP contribution is -2.51. The SMILES string of the molecule is COCCNC(=O)CNCC1CCCCN1C(=O)OC(C)(C)C. The Bertz CT molecular complexity index is 382. The first-order valence-electron chi connectivity index (χ1n) is 8.29.